The van der Waals surface area contributed by atoms with Crippen LogP contribution in [0.5, 0.6) is 0 Å². The molecule has 0 unspecified atom stereocenters. The van der Waals surface area contributed by atoms with Gasteiger partial charge in [-0.25, -0.2) is 0 Å². The Balaban J connectivity index is 2.38. The molecule has 2 rings (SSSR count). The molecule has 0 saturated heterocycles. The number of allylic oxidation sites excluding steroid dienone is 3. The van der Waals surface area contributed by atoms with E-state index in [4.69, 9.17) is 0 Å². The third kappa shape index (κ3) is 3.46. The Kier molecular flexibility index (Phi) is 5.55. The van der Waals surface area contributed by atoms with Crippen molar-refractivity contribution in [2.75, 3.05) is 0 Å². The summed E-state index contributed by atoms with van der Waals surface area (Å²) in [6.07, 6.45) is 8.77. The maximum Gasteiger partial charge on any atom is 0.00560 e. The van der Waals surface area contributed by atoms with E-state index < -0.39 is 0 Å². The van der Waals surface area contributed by atoms with Crippen LogP contribution in [0.2, 0.25) is 0 Å². The van der Waals surface area contributed by atoms with Gasteiger partial charge in [0.05, 0.1) is 0 Å². The van der Waals surface area contributed by atoms with Crippen LogP contribution in [0.4, 0.5) is 0 Å². The van der Waals surface area contributed by atoms with Crippen molar-refractivity contribution in [3.63, 3.8) is 0 Å². The van der Waals surface area contributed by atoms with Crippen molar-refractivity contribution in [2.24, 2.45) is 0 Å². The highest BCUT2D eigenvalue weighted by Crippen LogP contribution is 2.37. The fourth-order valence-electron chi connectivity index (χ4n) is 3.08. The zero-order chi connectivity index (χ0) is 15.8. The van der Waals surface area contributed by atoms with Gasteiger partial charge in [0, 0.05) is 5.41 Å². The molecular weight excluding hydrogens is 264 g/mol. The number of rotatable bonds is 8. The van der Waals surface area contributed by atoms with Crippen LogP contribution in [-0.2, 0) is 5.41 Å². The predicted molar refractivity (Wildman–Crippen MR) is 98.0 cm³/mol. The van der Waals surface area contributed by atoms with E-state index >= 15 is 0 Å². The van der Waals surface area contributed by atoms with Crippen LogP contribution in [0.3, 0.4) is 0 Å². The Morgan fingerprint density at radius 1 is 0.636 bits per heavy atom. The van der Waals surface area contributed by atoms with Crippen molar-refractivity contribution >= 4 is 0 Å². The SMILES string of the molecule is C=CCC(CC=C)(CC=C)c1ccc(-c2ccccc2)cc1. The Labute approximate surface area is 134 Å². The summed E-state index contributed by atoms with van der Waals surface area (Å²) in [5.41, 5.74) is 3.84. The molecule has 0 aliphatic carbocycles. The van der Waals surface area contributed by atoms with Crippen LogP contribution in [0.1, 0.15) is 24.8 Å². The molecule has 22 heavy (non-hydrogen) atoms. The van der Waals surface area contributed by atoms with Crippen LogP contribution in [0.15, 0.2) is 92.6 Å². The molecule has 0 bridgehead atoms. The summed E-state index contributed by atoms with van der Waals surface area (Å²) in [7, 11) is 0. The molecule has 0 fully saturated rings. The second-order valence-electron chi connectivity index (χ2n) is 5.70. The number of benzene rings is 2. The summed E-state index contributed by atoms with van der Waals surface area (Å²) in [5, 5.41) is 0. The smallest absolute Gasteiger partial charge is 0.00560 e. The Morgan fingerprint density at radius 3 is 1.55 bits per heavy atom. The summed E-state index contributed by atoms with van der Waals surface area (Å²) in [4.78, 5) is 0. The van der Waals surface area contributed by atoms with E-state index in [1.54, 1.807) is 0 Å². The number of hydrogen-bond acceptors (Lipinski definition) is 0. The molecule has 2 aromatic rings. The highest BCUT2D eigenvalue weighted by molar-refractivity contribution is 5.63. The fourth-order valence-corrected chi connectivity index (χ4v) is 3.08. The average Bonchev–Trinajstić information content (AvgIpc) is 2.56. The van der Waals surface area contributed by atoms with Crippen molar-refractivity contribution < 1.29 is 0 Å². The first kappa shape index (κ1) is 16.0. The van der Waals surface area contributed by atoms with Crippen molar-refractivity contribution in [3.8, 4) is 11.1 Å². The molecule has 0 atom stereocenters. The topological polar surface area (TPSA) is 0 Å². The standard InChI is InChI=1S/C22H24/c1-4-16-22(17-5-2,18-6-3)21-14-12-20(13-15-21)19-10-8-7-9-11-19/h4-15H,1-3,16-18H2. The molecule has 0 nitrogen and oxygen atoms in total. The molecule has 112 valence electrons. The molecule has 0 heterocycles. The molecular formula is C22H24. The summed E-state index contributed by atoms with van der Waals surface area (Å²) < 4.78 is 0. The van der Waals surface area contributed by atoms with E-state index in [0.29, 0.717) is 0 Å². The Morgan fingerprint density at radius 2 is 1.09 bits per heavy atom. The zero-order valence-electron chi connectivity index (χ0n) is 13.2. The summed E-state index contributed by atoms with van der Waals surface area (Å²) in [6.45, 7) is 11.8. The van der Waals surface area contributed by atoms with Crippen molar-refractivity contribution in [3.05, 3.63) is 98.1 Å². The van der Waals surface area contributed by atoms with Gasteiger partial charge in [-0.05, 0) is 36.0 Å². The molecule has 0 aliphatic heterocycles. The van der Waals surface area contributed by atoms with Gasteiger partial charge in [0.15, 0.2) is 0 Å². The predicted octanol–water partition coefficient (Wildman–Crippen LogP) is 6.32. The Bertz CT molecular complexity index is 590. The van der Waals surface area contributed by atoms with Gasteiger partial charge >= 0.3 is 0 Å². The molecule has 0 radical (unpaired) electrons. The van der Waals surface area contributed by atoms with Crippen molar-refractivity contribution in [1.82, 2.24) is 0 Å². The first-order chi connectivity index (χ1) is 10.8. The lowest BCUT2D eigenvalue weighted by Crippen LogP contribution is -2.24. The first-order valence-corrected chi connectivity index (χ1v) is 7.74. The fraction of sp³-hybridized carbons (Fsp3) is 0.182. The second kappa shape index (κ2) is 7.61. The molecule has 0 heteroatoms. The van der Waals surface area contributed by atoms with Crippen molar-refractivity contribution in [1.29, 1.82) is 0 Å². The van der Waals surface area contributed by atoms with Crippen LogP contribution in [0, 0.1) is 0 Å². The van der Waals surface area contributed by atoms with Crippen LogP contribution < -0.4 is 0 Å². The van der Waals surface area contributed by atoms with E-state index in [0.717, 1.165) is 19.3 Å². The van der Waals surface area contributed by atoms with E-state index in [-0.39, 0.29) is 5.41 Å². The van der Waals surface area contributed by atoms with E-state index in [9.17, 15) is 0 Å². The van der Waals surface area contributed by atoms with Crippen LogP contribution >= 0.6 is 0 Å². The Hall–Kier alpha value is -2.34. The average molecular weight is 288 g/mol. The van der Waals surface area contributed by atoms with E-state index in [2.05, 4.69) is 68.3 Å². The normalized spacial score (nSPS) is 10.9. The van der Waals surface area contributed by atoms with Gasteiger partial charge in [0.1, 0.15) is 0 Å². The van der Waals surface area contributed by atoms with Gasteiger partial charge in [-0.3, -0.25) is 0 Å². The molecule has 0 spiro atoms. The van der Waals surface area contributed by atoms with Crippen molar-refractivity contribution in [2.45, 2.75) is 24.7 Å². The third-order valence-corrected chi connectivity index (χ3v) is 4.21. The minimum Gasteiger partial charge on any atom is -0.103 e. The van der Waals surface area contributed by atoms with Crippen LogP contribution in [-0.4, -0.2) is 0 Å². The van der Waals surface area contributed by atoms with E-state index in [1.807, 2.05) is 24.3 Å². The lowest BCUT2D eigenvalue weighted by atomic mass is 9.72. The molecule has 0 aliphatic rings. The minimum atomic E-state index is 0.0282. The third-order valence-electron chi connectivity index (χ3n) is 4.21. The minimum absolute atomic E-state index is 0.0282. The summed E-state index contributed by atoms with van der Waals surface area (Å²) in [5.74, 6) is 0. The maximum atomic E-state index is 3.93. The van der Waals surface area contributed by atoms with Gasteiger partial charge < -0.3 is 0 Å². The summed E-state index contributed by atoms with van der Waals surface area (Å²) in [6, 6.07) is 19.3. The van der Waals surface area contributed by atoms with Gasteiger partial charge in [-0.2, -0.15) is 0 Å². The highest BCUT2D eigenvalue weighted by Gasteiger charge is 2.28. The first-order valence-electron chi connectivity index (χ1n) is 7.74. The van der Waals surface area contributed by atoms with Gasteiger partial charge in [0.2, 0.25) is 0 Å². The summed E-state index contributed by atoms with van der Waals surface area (Å²) >= 11 is 0. The van der Waals surface area contributed by atoms with E-state index in [1.165, 1.54) is 16.7 Å². The van der Waals surface area contributed by atoms with Gasteiger partial charge in [-0.1, -0.05) is 72.8 Å². The molecule has 2 aromatic carbocycles. The molecule has 0 amide bonds. The molecule has 0 N–H and O–H groups in total. The quantitative estimate of drug-likeness (QED) is 0.499. The number of hydrogen-bond donors (Lipinski definition) is 0. The maximum absolute atomic E-state index is 3.93. The highest BCUT2D eigenvalue weighted by atomic mass is 14.3. The largest absolute Gasteiger partial charge is 0.103 e. The molecule has 0 aromatic heterocycles. The van der Waals surface area contributed by atoms with Gasteiger partial charge in [0.25, 0.3) is 0 Å². The molecule has 0 saturated carbocycles. The van der Waals surface area contributed by atoms with Gasteiger partial charge in [-0.15, -0.1) is 19.7 Å². The van der Waals surface area contributed by atoms with Crippen LogP contribution in [0.25, 0.3) is 11.1 Å². The lowest BCUT2D eigenvalue weighted by Gasteiger charge is -2.32. The second-order valence-corrected chi connectivity index (χ2v) is 5.70. The zero-order valence-corrected chi connectivity index (χ0v) is 13.2. The monoisotopic (exact) mass is 288 g/mol. The lowest BCUT2D eigenvalue weighted by molar-refractivity contribution is 0.442.